The number of anilines is 1. The first-order valence-corrected chi connectivity index (χ1v) is 9.08. The fourth-order valence-corrected chi connectivity index (χ4v) is 3.45. The summed E-state index contributed by atoms with van der Waals surface area (Å²) in [6.07, 6.45) is 1.73. The van der Waals surface area contributed by atoms with Crippen LogP contribution in [0.15, 0.2) is 48.5 Å². The van der Waals surface area contributed by atoms with Crippen molar-refractivity contribution in [2.24, 2.45) is 0 Å². The second kappa shape index (κ2) is 8.23. The summed E-state index contributed by atoms with van der Waals surface area (Å²) in [5, 5.41) is 3.08. The summed E-state index contributed by atoms with van der Waals surface area (Å²) in [6, 6.07) is 15.3. The predicted molar refractivity (Wildman–Crippen MR) is 103 cm³/mol. The van der Waals surface area contributed by atoms with Crippen LogP contribution in [0.1, 0.15) is 35.7 Å². The Morgan fingerprint density at radius 3 is 2.50 bits per heavy atom. The first-order chi connectivity index (χ1) is 12.6. The van der Waals surface area contributed by atoms with Gasteiger partial charge in [0, 0.05) is 30.9 Å². The van der Waals surface area contributed by atoms with Crippen molar-refractivity contribution in [1.29, 1.82) is 0 Å². The number of nitrogen functional groups attached to an aromatic ring is 1. The van der Waals surface area contributed by atoms with Crippen LogP contribution in [0.2, 0.25) is 0 Å². The second-order valence-corrected chi connectivity index (χ2v) is 6.62. The highest BCUT2D eigenvalue weighted by molar-refractivity contribution is 5.99. The first kappa shape index (κ1) is 18.3. The molecule has 138 valence electrons. The highest BCUT2D eigenvalue weighted by atomic mass is 16.5. The predicted octanol–water partition coefficient (Wildman–Crippen LogP) is 3.15. The summed E-state index contributed by atoms with van der Waals surface area (Å²) < 4.78 is 11.1. The number of ether oxygens (including phenoxy) is 2. The van der Waals surface area contributed by atoms with Gasteiger partial charge in [0.2, 0.25) is 0 Å². The zero-order valence-electron chi connectivity index (χ0n) is 15.2. The lowest BCUT2D eigenvalue weighted by molar-refractivity contribution is 0.0487. The molecule has 0 spiro atoms. The molecule has 2 aromatic rings. The molecular formula is C21H26N2O3. The van der Waals surface area contributed by atoms with Crippen LogP contribution in [-0.2, 0) is 10.2 Å². The van der Waals surface area contributed by atoms with Crippen LogP contribution in [-0.4, -0.2) is 32.3 Å². The average molecular weight is 354 g/mol. The van der Waals surface area contributed by atoms with Gasteiger partial charge in [0.15, 0.2) is 0 Å². The summed E-state index contributed by atoms with van der Waals surface area (Å²) in [5.74, 6) is 0.722. The molecular weight excluding hydrogens is 328 g/mol. The molecule has 1 fully saturated rings. The van der Waals surface area contributed by atoms with Crippen LogP contribution < -0.4 is 15.8 Å². The lowest BCUT2D eigenvalue weighted by Crippen LogP contribution is -2.44. The van der Waals surface area contributed by atoms with E-state index in [-0.39, 0.29) is 11.3 Å². The summed E-state index contributed by atoms with van der Waals surface area (Å²) in [4.78, 5) is 12.6. The van der Waals surface area contributed by atoms with Crippen molar-refractivity contribution in [1.82, 2.24) is 5.32 Å². The molecule has 1 aliphatic rings. The van der Waals surface area contributed by atoms with Crippen molar-refractivity contribution >= 4 is 11.6 Å². The second-order valence-electron chi connectivity index (χ2n) is 6.62. The molecule has 0 bridgehead atoms. The average Bonchev–Trinajstić information content (AvgIpc) is 2.68. The number of hydrogen-bond acceptors (Lipinski definition) is 4. The molecule has 0 aliphatic carbocycles. The van der Waals surface area contributed by atoms with E-state index in [4.69, 9.17) is 15.2 Å². The first-order valence-electron chi connectivity index (χ1n) is 9.08. The maximum atomic E-state index is 12.6. The number of amides is 1. The van der Waals surface area contributed by atoms with E-state index in [0.29, 0.717) is 37.6 Å². The number of carbonyl (C=O) groups is 1. The van der Waals surface area contributed by atoms with Gasteiger partial charge >= 0.3 is 0 Å². The number of rotatable bonds is 6. The van der Waals surface area contributed by atoms with Crippen molar-refractivity contribution in [3.05, 3.63) is 59.7 Å². The number of nitrogens with one attached hydrogen (secondary N) is 1. The summed E-state index contributed by atoms with van der Waals surface area (Å²) >= 11 is 0. The molecule has 2 aromatic carbocycles. The van der Waals surface area contributed by atoms with Crippen molar-refractivity contribution < 1.29 is 14.3 Å². The third-order valence-corrected chi connectivity index (χ3v) is 5.02. The van der Waals surface area contributed by atoms with E-state index < -0.39 is 0 Å². The Balaban J connectivity index is 1.77. The van der Waals surface area contributed by atoms with Gasteiger partial charge in [-0.25, -0.2) is 0 Å². The fourth-order valence-electron chi connectivity index (χ4n) is 3.45. The Morgan fingerprint density at radius 2 is 1.85 bits per heavy atom. The molecule has 26 heavy (non-hydrogen) atoms. The van der Waals surface area contributed by atoms with Gasteiger partial charge < -0.3 is 20.5 Å². The molecule has 0 atom stereocenters. The smallest absolute Gasteiger partial charge is 0.253 e. The number of para-hydroxylation sites is 1. The number of carbonyl (C=O) groups excluding carboxylic acids is 1. The summed E-state index contributed by atoms with van der Waals surface area (Å²) in [6.45, 7) is 4.55. The van der Waals surface area contributed by atoms with Gasteiger partial charge in [-0.05, 0) is 49.6 Å². The Labute approximate surface area is 154 Å². The van der Waals surface area contributed by atoms with E-state index in [9.17, 15) is 4.79 Å². The number of benzene rings is 2. The third-order valence-electron chi connectivity index (χ3n) is 5.02. The van der Waals surface area contributed by atoms with Gasteiger partial charge in [-0.3, -0.25) is 4.79 Å². The van der Waals surface area contributed by atoms with Gasteiger partial charge in [-0.2, -0.15) is 0 Å². The van der Waals surface area contributed by atoms with E-state index in [2.05, 4.69) is 17.4 Å². The molecule has 1 aliphatic heterocycles. The van der Waals surface area contributed by atoms with Gasteiger partial charge in [0.1, 0.15) is 5.75 Å². The van der Waals surface area contributed by atoms with Gasteiger partial charge in [0.25, 0.3) is 5.91 Å². The Hall–Kier alpha value is -2.53. The third kappa shape index (κ3) is 3.99. The van der Waals surface area contributed by atoms with E-state index in [1.807, 2.05) is 31.2 Å². The SMILES string of the molecule is CCOc1ccc(C2(CNC(=O)c3ccccc3N)CCOCC2)cc1. The van der Waals surface area contributed by atoms with Gasteiger partial charge in [-0.1, -0.05) is 24.3 Å². The maximum absolute atomic E-state index is 12.6. The number of hydrogen-bond donors (Lipinski definition) is 2. The minimum Gasteiger partial charge on any atom is -0.494 e. The molecule has 0 radical (unpaired) electrons. The van der Waals surface area contributed by atoms with Crippen molar-refractivity contribution in [2.75, 3.05) is 32.1 Å². The maximum Gasteiger partial charge on any atom is 0.253 e. The van der Waals surface area contributed by atoms with Gasteiger partial charge in [0.05, 0.1) is 12.2 Å². The topological polar surface area (TPSA) is 73.6 Å². The standard InChI is InChI=1S/C21H26N2O3/c1-2-26-17-9-7-16(8-10-17)21(11-13-25-14-12-21)15-23-20(24)18-5-3-4-6-19(18)22/h3-10H,2,11-15,22H2,1H3,(H,23,24). The Kier molecular flexibility index (Phi) is 5.78. The Bertz CT molecular complexity index is 737. The van der Waals surface area contributed by atoms with Crippen LogP contribution >= 0.6 is 0 Å². The quantitative estimate of drug-likeness (QED) is 0.782. The van der Waals surface area contributed by atoms with Crippen LogP contribution in [0.4, 0.5) is 5.69 Å². The molecule has 0 aromatic heterocycles. The molecule has 3 rings (SSSR count). The molecule has 0 unspecified atom stereocenters. The minimum atomic E-state index is -0.139. The number of nitrogens with two attached hydrogens (primary N) is 1. The highest BCUT2D eigenvalue weighted by Gasteiger charge is 2.35. The van der Waals surface area contributed by atoms with Crippen LogP contribution in [0.3, 0.4) is 0 Å². The van der Waals surface area contributed by atoms with Crippen molar-refractivity contribution in [3.8, 4) is 5.75 Å². The molecule has 0 saturated carbocycles. The van der Waals surface area contributed by atoms with Crippen molar-refractivity contribution in [2.45, 2.75) is 25.2 Å². The van der Waals surface area contributed by atoms with E-state index in [0.717, 1.165) is 18.6 Å². The van der Waals surface area contributed by atoms with Crippen LogP contribution in [0.5, 0.6) is 5.75 Å². The lowest BCUT2D eigenvalue weighted by Gasteiger charge is -2.38. The summed E-state index contributed by atoms with van der Waals surface area (Å²) in [5.41, 5.74) is 8.00. The highest BCUT2D eigenvalue weighted by Crippen LogP contribution is 2.35. The molecule has 1 amide bonds. The van der Waals surface area contributed by atoms with E-state index >= 15 is 0 Å². The zero-order chi connectivity index (χ0) is 18.4. The largest absolute Gasteiger partial charge is 0.494 e. The zero-order valence-corrected chi connectivity index (χ0v) is 15.2. The van der Waals surface area contributed by atoms with Gasteiger partial charge in [-0.15, -0.1) is 0 Å². The molecule has 1 saturated heterocycles. The molecule has 5 heteroatoms. The molecule has 5 nitrogen and oxygen atoms in total. The fraction of sp³-hybridized carbons (Fsp3) is 0.381. The van der Waals surface area contributed by atoms with Crippen LogP contribution in [0, 0.1) is 0 Å². The summed E-state index contributed by atoms with van der Waals surface area (Å²) in [7, 11) is 0. The lowest BCUT2D eigenvalue weighted by atomic mass is 9.74. The Morgan fingerprint density at radius 1 is 1.15 bits per heavy atom. The monoisotopic (exact) mass is 354 g/mol. The minimum absolute atomic E-state index is 0.137. The van der Waals surface area contributed by atoms with Crippen LogP contribution in [0.25, 0.3) is 0 Å². The normalized spacial score (nSPS) is 16.0. The molecule has 3 N–H and O–H groups in total. The van der Waals surface area contributed by atoms with E-state index in [1.165, 1.54) is 5.56 Å². The molecule has 1 heterocycles. The van der Waals surface area contributed by atoms with E-state index in [1.54, 1.807) is 12.1 Å². The van der Waals surface area contributed by atoms with Crippen molar-refractivity contribution in [3.63, 3.8) is 0 Å².